The third kappa shape index (κ3) is 4.73. The van der Waals surface area contributed by atoms with Crippen LogP contribution in [0.4, 0.5) is 4.39 Å². The number of halogens is 2. The van der Waals surface area contributed by atoms with Crippen LogP contribution in [0.1, 0.15) is 23.6 Å². The molecule has 2 aromatic rings. The molecular weight excluding hydrogens is 451 g/mol. The summed E-state index contributed by atoms with van der Waals surface area (Å²) >= 11 is 6.00. The highest BCUT2D eigenvalue weighted by Gasteiger charge is 2.47. The van der Waals surface area contributed by atoms with Gasteiger partial charge in [-0.05, 0) is 30.7 Å². The predicted molar refractivity (Wildman–Crippen MR) is 120 cm³/mol. The Kier molecular flexibility index (Phi) is 6.97. The van der Waals surface area contributed by atoms with E-state index in [-0.39, 0.29) is 34.0 Å². The molecule has 2 heterocycles. The van der Waals surface area contributed by atoms with E-state index in [0.29, 0.717) is 26.2 Å². The number of carbonyl (C=O) groups is 2. The van der Waals surface area contributed by atoms with E-state index in [1.165, 1.54) is 41.3 Å². The fourth-order valence-electron chi connectivity index (χ4n) is 4.26. The van der Waals surface area contributed by atoms with E-state index >= 15 is 0 Å². The number of carbonyl (C=O) groups excluding carboxylic acids is 2. The first kappa shape index (κ1) is 23.2. The van der Waals surface area contributed by atoms with Crippen molar-refractivity contribution in [1.82, 2.24) is 9.80 Å². The van der Waals surface area contributed by atoms with Crippen LogP contribution < -0.4 is 0 Å². The van der Waals surface area contributed by atoms with Crippen molar-refractivity contribution in [1.29, 1.82) is 0 Å². The van der Waals surface area contributed by atoms with Crippen LogP contribution in [0.2, 0.25) is 5.02 Å². The summed E-state index contributed by atoms with van der Waals surface area (Å²) in [5, 5.41) is 21.4. The Morgan fingerprint density at radius 3 is 2.58 bits per heavy atom. The van der Waals surface area contributed by atoms with E-state index in [0.717, 1.165) is 13.1 Å². The molecule has 1 atom stereocenters. The molecule has 2 N–H and O–H groups in total. The second kappa shape index (κ2) is 9.91. The minimum atomic E-state index is -1.13. The van der Waals surface area contributed by atoms with Crippen molar-refractivity contribution in [2.45, 2.75) is 12.5 Å². The molecule has 7 nitrogen and oxygen atoms in total. The molecule has 4 rings (SSSR count). The first-order chi connectivity index (χ1) is 15.9. The number of amides is 1. The summed E-state index contributed by atoms with van der Waals surface area (Å²) in [5.41, 5.74) is -0.296. The molecule has 0 saturated carbocycles. The fraction of sp³-hybridized carbons (Fsp3) is 0.333. The SMILES string of the molecule is O=C1C(=O)N(CCCN2CCOCC2)C(c2ccccc2F)C1=C(O)c1cc(Cl)ccc1O. The number of hydrogen-bond donors (Lipinski definition) is 2. The Morgan fingerprint density at radius 2 is 1.85 bits per heavy atom. The molecule has 174 valence electrons. The van der Waals surface area contributed by atoms with E-state index in [1.807, 2.05) is 0 Å². The van der Waals surface area contributed by atoms with Gasteiger partial charge in [0.25, 0.3) is 11.7 Å². The van der Waals surface area contributed by atoms with Crippen molar-refractivity contribution in [2.75, 3.05) is 39.4 Å². The zero-order valence-electron chi connectivity index (χ0n) is 17.8. The molecule has 2 aliphatic heterocycles. The molecule has 0 spiro atoms. The average Bonchev–Trinajstić information content (AvgIpc) is 3.06. The van der Waals surface area contributed by atoms with Gasteiger partial charge in [-0.2, -0.15) is 0 Å². The minimum absolute atomic E-state index is 0.0890. The quantitative estimate of drug-likeness (QED) is 0.379. The van der Waals surface area contributed by atoms with E-state index in [9.17, 15) is 24.2 Å². The zero-order valence-corrected chi connectivity index (χ0v) is 18.6. The Hall–Kier alpha value is -2.94. The van der Waals surface area contributed by atoms with Crippen molar-refractivity contribution in [2.24, 2.45) is 0 Å². The second-order valence-electron chi connectivity index (χ2n) is 7.98. The third-order valence-electron chi connectivity index (χ3n) is 5.93. The van der Waals surface area contributed by atoms with Crippen LogP contribution in [-0.4, -0.2) is 71.1 Å². The molecule has 9 heteroatoms. The van der Waals surface area contributed by atoms with Crippen molar-refractivity contribution >= 4 is 29.1 Å². The van der Waals surface area contributed by atoms with Crippen molar-refractivity contribution in [3.63, 3.8) is 0 Å². The predicted octanol–water partition coefficient (Wildman–Crippen LogP) is 3.33. The molecule has 0 radical (unpaired) electrons. The number of likely N-dealkylation sites (tertiary alicyclic amines) is 1. The van der Waals surface area contributed by atoms with Gasteiger partial charge in [0.1, 0.15) is 17.3 Å². The van der Waals surface area contributed by atoms with Gasteiger partial charge >= 0.3 is 0 Å². The number of aliphatic hydroxyl groups excluding tert-OH is 1. The molecule has 2 aliphatic rings. The van der Waals surface area contributed by atoms with Gasteiger partial charge < -0.3 is 19.8 Å². The summed E-state index contributed by atoms with van der Waals surface area (Å²) in [6.07, 6.45) is 0.556. The second-order valence-corrected chi connectivity index (χ2v) is 8.42. The van der Waals surface area contributed by atoms with Gasteiger partial charge in [0.15, 0.2) is 0 Å². The summed E-state index contributed by atoms with van der Waals surface area (Å²) in [6, 6.07) is 8.67. The Balaban J connectivity index is 1.72. The van der Waals surface area contributed by atoms with E-state index in [4.69, 9.17) is 16.3 Å². The molecular formula is C24H24ClFN2O5. The first-order valence-corrected chi connectivity index (χ1v) is 11.1. The van der Waals surface area contributed by atoms with E-state index < -0.39 is 29.3 Å². The van der Waals surface area contributed by atoms with Crippen molar-refractivity contribution < 1.29 is 28.9 Å². The molecule has 33 heavy (non-hydrogen) atoms. The number of hydrogen-bond acceptors (Lipinski definition) is 6. The number of phenolic OH excluding ortho intramolecular Hbond substituents is 1. The van der Waals surface area contributed by atoms with Gasteiger partial charge in [0, 0.05) is 36.8 Å². The molecule has 1 amide bonds. The number of nitrogens with zero attached hydrogens (tertiary/aromatic N) is 2. The number of rotatable bonds is 6. The van der Waals surface area contributed by atoms with Crippen LogP contribution in [0, 0.1) is 5.82 Å². The van der Waals surface area contributed by atoms with Gasteiger partial charge in [0.2, 0.25) is 0 Å². The lowest BCUT2D eigenvalue weighted by atomic mass is 9.94. The highest BCUT2D eigenvalue weighted by atomic mass is 35.5. The highest BCUT2D eigenvalue weighted by molar-refractivity contribution is 6.46. The highest BCUT2D eigenvalue weighted by Crippen LogP contribution is 2.42. The Morgan fingerprint density at radius 1 is 1.12 bits per heavy atom. The van der Waals surface area contributed by atoms with Crippen LogP contribution in [0.5, 0.6) is 5.75 Å². The molecule has 2 fully saturated rings. The zero-order chi connectivity index (χ0) is 23.5. The van der Waals surface area contributed by atoms with Crippen LogP contribution in [0.25, 0.3) is 5.76 Å². The number of Topliss-reactive ketones (excluding diaryl/α,β-unsaturated/α-hetero) is 1. The van der Waals surface area contributed by atoms with Gasteiger partial charge in [-0.1, -0.05) is 29.8 Å². The van der Waals surface area contributed by atoms with Crippen molar-refractivity contribution in [3.05, 3.63) is 70.0 Å². The normalized spacial score (nSPS) is 21.0. The van der Waals surface area contributed by atoms with E-state index in [2.05, 4.69) is 4.90 Å². The number of aromatic hydroxyl groups is 1. The maximum absolute atomic E-state index is 14.8. The van der Waals surface area contributed by atoms with Crippen LogP contribution in [-0.2, 0) is 14.3 Å². The van der Waals surface area contributed by atoms with Gasteiger partial charge in [-0.3, -0.25) is 14.5 Å². The minimum Gasteiger partial charge on any atom is -0.507 e. The topological polar surface area (TPSA) is 90.3 Å². The Labute approximate surface area is 195 Å². The third-order valence-corrected chi connectivity index (χ3v) is 6.17. The number of benzene rings is 2. The summed E-state index contributed by atoms with van der Waals surface area (Å²) in [4.78, 5) is 29.5. The lowest BCUT2D eigenvalue weighted by molar-refractivity contribution is -0.140. The lowest BCUT2D eigenvalue weighted by Crippen LogP contribution is -2.39. The maximum atomic E-state index is 14.8. The largest absolute Gasteiger partial charge is 0.507 e. The van der Waals surface area contributed by atoms with Crippen LogP contribution in [0.15, 0.2) is 48.0 Å². The summed E-state index contributed by atoms with van der Waals surface area (Å²) < 4.78 is 20.2. The standard InChI is InChI=1S/C24H24ClFN2O5/c25-15-6-7-19(29)17(14-15)22(30)20-21(16-4-1-2-5-18(16)26)28(24(32)23(20)31)9-3-8-27-10-12-33-13-11-27/h1-2,4-7,14,21,29-30H,3,8-13H2. The van der Waals surface area contributed by atoms with Gasteiger partial charge in [0.05, 0.1) is 30.4 Å². The van der Waals surface area contributed by atoms with Crippen molar-refractivity contribution in [3.8, 4) is 5.75 Å². The van der Waals surface area contributed by atoms with Crippen LogP contribution in [0.3, 0.4) is 0 Å². The monoisotopic (exact) mass is 474 g/mol. The molecule has 1 unspecified atom stereocenters. The summed E-state index contributed by atoms with van der Waals surface area (Å²) in [5.74, 6) is -3.29. The Bertz CT molecular complexity index is 1100. The maximum Gasteiger partial charge on any atom is 0.295 e. The van der Waals surface area contributed by atoms with E-state index in [1.54, 1.807) is 6.07 Å². The smallest absolute Gasteiger partial charge is 0.295 e. The number of ether oxygens (including phenoxy) is 1. The average molecular weight is 475 g/mol. The first-order valence-electron chi connectivity index (χ1n) is 10.7. The molecule has 0 aliphatic carbocycles. The number of phenols is 1. The van der Waals surface area contributed by atoms with Crippen LogP contribution >= 0.6 is 11.6 Å². The van der Waals surface area contributed by atoms with Gasteiger partial charge in [-0.25, -0.2) is 4.39 Å². The lowest BCUT2D eigenvalue weighted by Gasteiger charge is -2.29. The number of aliphatic hydroxyl groups is 1. The molecule has 2 saturated heterocycles. The number of ketones is 1. The summed E-state index contributed by atoms with van der Waals surface area (Å²) in [6.45, 7) is 3.73. The number of morpholine rings is 1. The molecule has 0 bridgehead atoms. The van der Waals surface area contributed by atoms with Gasteiger partial charge in [-0.15, -0.1) is 0 Å². The fourth-order valence-corrected chi connectivity index (χ4v) is 4.44. The molecule has 2 aromatic carbocycles. The summed E-state index contributed by atoms with van der Waals surface area (Å²) in [7, 11) is 0. The molecule has 0 aromatic heterocycles.